The van der Waals surface area contributed by atoms with Gasteiger partial charge in [0, 0.05) is 11.1 Å². The molecule has 0 spiro atoms. The van der Waals surface area contributed by atoms with Crippen LogP contribution in [0.1, 0.15) is 5.76 Å². The topological polar surface area (TPSA) is 63.8 Å². The van der Waals surface area contributed by atoms with Gasteiger partial charge in [-0.3, -0.25) is 4.79 Å². The lowest BCUT2D eigenvalue weighted by Crippen LogP contribution is -2.24. The van der Waals surface area contributed by atoms with Crippen LogP contribution in [0.5, 0.6) is 5.75 Å². The van der Waals surface area contributed by atoms with Gasteiger partial charge in [0.25, 0.3) is 5.91 Å². The van der Waals surface area contributed by atoms with Crippen molar-refractivity contribution in [3.8, 4) is 5.75 Å². The molecule has 0 bridgehead atoms. The number of furan rings is 1. The summed E-state index contributed by atoms with van der Waals surface area (Å²) < 4.78 is 10.3. The minimum Gasteiger partial charge on any atom is -0.482 e. The Bertz CT molecular complexity index is 612. The molecule has 1 aromatic carbocycles. The average molecular weight is 313 g/mol. The normalized spacial score (nSPS) is 10.7. The highest BCUT2D eigenvalue weighted by molar-refractivity contribution is 6.34. The molecule has 0 fully saturated rings. The zero-order valence-electron chi connectivity index (χ0n) is 10.2. The van der Waals surface area contributed by atoms with Crippen LogP contribution in [0.3, 0.4) is 0 Å². The van der Waals surface area contributed by atoms with Crippen molar-refractivity contribution in [2.75, 3.05) is 6.61 Å². The summed E-state index contributed by atoms with van der Waals surface area (Å²) in [4.78, 5) is 11.5. The Morgan fingerprint density at radius 3 is 3.00 bits per heavy atom. The standard InChI is InChI=1S/C13H10Cl2N2O3/c14-9-3-4-11(15)12(6-9)20-8-13(18)17-16-7-10-2-1-5-19-10/h1-7H,8H2,(H,17,18)/b16-7+. The number of amides is 1. The van der Waals surface area contributed by atoms with E-state index in [1.807, 2.05) is 0 Å². The molecule has 1 N–H and O–H groups in total. The minimum atomic E-state index is -0.427. The van der Waals surface area contributed by atoms with Crippen molar-refractivity contribution in [3.05, 3.63) is 52.4 Å². The molecule has 7 heteroatoms. The summed E-state index contributed by atoms with van der Waals surface area (Å²) in [7, 11) is 0. The molecule has 2 rings (SSSR count). The summed E-state index contributed by atoms with van der Waals surface area (Å²) in [6.07, 6.45) is 2.89. The van der Waals surface area contributed by atoms with E-state index in [0.29, 0.717) is 21.6 Å². The first-order valence-corrected chi connectivity index (χ1v) is 6.34. The van der Waals surface area contributed by atoms with E-state index in [9.17, 15) is 4.79 Å². The van der Waals surface area contributed by atoms with Crippen molar-refractivity contribution in [1.29, 1.82) is 0 Å². The largest absolute Gasteiger partial charge is 0.482 e. The molecule has 5 nitrogen and oxygen atoms in total. The van der Waals surface area contributed by atoms with Gasteiger partial charge in [-0.1, -0.05) is 23.2 Å². The quantitative estimate of drug-likeness (QED) is 0.681. The number of nitrogens with one attached hydrogen (secondary N) is 1. The second-order valence-electron chi connectivity index (χ2n) is 3.67. The Balaban J connectivity index is 1.82. The number of carbonyl (C=O) groups excluding carboxylic acids is 1. The molecular weight excluding hydrogens is 303 g/mol. The number of hydrogen-bond donors (Lipinski definition) is 1. The van der Waals surface area contributed by atoms with Crippen LogP contribution in [0.15, 0.2) is 46.1 Å². The molecule has 1 aromatic heterocycles. The third kappa shape index (κ3) is 4.29. The van der Waals surface area contributed by atoms with Crippen LogP contribution in [0.4, 0.5) is 0 Å². The van der Waals surface area contributed by atoms with Crippen molar-refractivity contribution in [2.45, 2.75) is 0 Å². The fourth-order valence-corrected chi connectivity index (χ4v) is 1.63. The van der Waals surface area contributed by atoms with E-state index in [4.69, 9.17) is 32.4 Å². The van der Waals surface area contributed by atoms with Crippen molar-refractivity contribution in [2.24, 2.45) is 5.10 Å². The summed E-state index contributed by atoms with van der Waals surface area (Å²) >= 11 is 11.7. The van der Waals surface area contributed by atoms with E-state index in [-0.39, 0.29) is 6.61 Å². The predicted octanol–water partition coefficient (Wildman–Crippen LogP) is 3.12. The Labute approximate surface area is 125 Å². The lowest BCUT2D eigenvalue weighted by atomic mass is 10.3. The molecular formula is C13H10Cl2N2O3. The lowest BCUT2D eigenvalue weighted by molar-refractivity contribution is -0.123. The molecule has 0 radical (unpaired) electrons. The number of hydrazone groups is 1. The second kappa shape index (κ2) is 6.98. The molecule has 1 amide bonds. The van der Waals surface area contributed by atoms with Crippen LogP contribution in [-0.2, 0) is 4.79 Å². The highest BCUT2D eigenvalue weighted by Gasteiger charge is 2.06. The molecule has 104 valence electrons. The van der Waals surface area contributed by atoms with Gasteiger partial charge in [0.1, 0.15) is 11.5 Å². The van der Waals surface area contributed by atoms with Crippen LogP contribution < -0.4 is 10.2 Å². The van der Waals surface area contributed by atoms with Gasteiger partial charge in [-0.05, 0) is 24.3 Å². The smallest absolute Gasteiger partial charge is 0.277 e. The summed E-state index contributed by atoms with van der Waals surface area (Å²) in [5.74, 6) is 0.442. The average Bonchev–Trinajstić information content (AvgIpc) is 2.93. The van der Waals surface area contributed by atoms with Gasteiger partial charge in [-0.15, -0.1) is 0 Å². The van der Waals surface area contributed by atoms with E-state index in [0.717, 1.165) is 0 Å². The lowest BCUT2D eigenvalue weighted by Gasteiger charge is -2.07. The van der Waals surface area contributed by atoms with Gasteiger partial charge in [0.05, 0.1) is 17.5 Å². The highest BCUT2D eigenvalue weighted by Crippen LogP contribution is 2.27. The Morgan fingerprint density at radius 2 is 2.25 bits per heavy atom. The Hall–Kier alpha value is -1.98. The van der Waals surface area contributed by atoms with E-state index in [1.54, 1.807) is 24.3 Å². The van der Waals surface area contributed by atoms with Crippen molar-refractivity contribution >= 4 is 35.3 Å². The first kappa shape index (κ1) is 14.4. The van der Waals surface area contributed by atoms with Gasteiger partial charge < -0.3 is 9.15 Å². The maximum Gasteiger partial charge on any atom is 0.277 e. The number of nitrogens with zero attached hydrogens (tertiary/aromatic N) is 1. The van der Waals surface area contributed by atoms with Gasteiger partial charge >= 0.3 is 0 Å². The summed E-state index contributed by atoms with van der Waals surface area (Å²) in [5, 5.41) is 4.56. The fourth-order valence-electron chi connectivity index (χ4n) is 1.30. The SMILES string of the molecule is O=C(COc1cc(Cl)ccc1Cl)N/N=C/c1ccco1. The Morgan fingerprint density at radius 1 is 1.40 bits per heavy atom. The molecule has 0 atom stereocenters. The number of halogens is 2. The number of hydrogen-bond acceptors (Lipinski definition) is 4. The van der Waals surface area contributed by atoms with E-state index >= 15 is 0 Å². The van der Waals surface area contributed by atoms with Crippen molar-refractivity contribution in [1.82, 2.24) is 5.43 Å². The molecule has 0 saturated heterocycles. The van der Waals surface area contributed by atoms with E-state index < -0.39 is 5.91 Å². The maximum absolute atomic E-state index is 11.5. The van der Waals surface area contributed by atoms with E-state index in [2.05, 4.69) is 10.5 Å². The molecule has 1 heterocycles. The highest BCUT2D eigenvalue weighted by atomic mass is 35.5. The molecule has 0 aliphatic rings. The molecule has 20 heavy (non-hydrogen) atoms. The second-order valence-corrected chi connectivity index (χ2v) is 4.52. The predicted molar refractivity (Wildman–Crippen MR) is 76.4 cm³/mol. The Kier molecular flexibility index (Phi) is 5.03. The van der Waals surface area contributed by atoms with Crippen molar-refractivity contribution < 1.29 is 13.9 Å². The third-order valence-electron chi connectivity index (χ3n) is 2.18. The molecule has 0 saturated carbocycles. The van der Waals surface area contributed by atoms with Crippen LogP contribution in [0, 0.1) is 0 Å². The van der Waals surface area contributed by atoms with Crippen molar-refractivity contribution in [3.63, 3.8) is 0 Å². The van der Waals surface area contributed by atoms with E-state index in [1.165, 1.54) is 18.5 Å². The van der Waals surface area contributed by atoms with Crippen LogP contribution in [0.25, 0.3) is 0 Å². The first-order valence-electron chi connectivity index (χ1n) is 5.58. The zero-order chi connectivity index (χ0) is 14.4. The summed E-state index contributed by atoms with van der Waals surface area (Å²) in [6.45, 7) is -0.227. The number of benzene rings is 1. The number of carbonyl (C=O) groups is 1. The van der Waals surface area contributed by atoms with Gasteiger partial charge in [0.2, 0.25) is 0 Å². The summed E-state index contributed by atoms with van der Waals surface area (Å²) in [5.41, 5.74) is 2.29. The fraction of sp³-hybridized carbons (Fsp3) is 0.0769. The van der Waals surface area contributed by atoms with Crippen LogP contribution >= 0.6 is 23.2 Å². The number of rotatable bonds is 5. The minimum absolute atomic E-state index is 0.227. The maximum atomic E-state index is 11.5. The third-order valence-corrected chi connectivity index (χ3v) is 2.72. The van der Waals surface area contributed by atoms with Crippen LogP contribution in [-0.4, -0.2) is 18.7 Å². The van der Waals surface area contributed by atoms with Crippen LogP contribution in [0.2, 0.25) is 10.0 Å². The molecule has 2 aromatic rings. The summed E-state index contributed by atoms with van der Waals surface area (Å²) in [6, 6.07) is 8.17. The molecule has 0 aliphatic carbocycles. The van der Waals surface area contributed by atoms with Gasteiger partial charge in [0.15, 0.2) is 6.61 Å². The number of ether oxygens (including phenoxy) is 1. The first-order chi connectivity index (χ1) is 9.65. The van der Waals surface area contributed by atoms with Gasteiger partial charge in [-0.25, -0.2) is 5.43 Å². The van der Waals surface area contributed by atoms with Gasteiger partial charge in [-0.2, -0.15) is 5.10 Å². The molecule has 0 unspecified atom stereocenters. The molecule has 0 aliphatic heterocycles. The monoisotopic (exact) mass is 312 g/mol. The zero-order valence-corrected chi connectivity index (χ0v) is 11.7.